The fourth-order valence-electron chi connectivity index (χ4n) is 2.83. The first-order chi connectivity index (χ1) is 9.75. The Morgan fingerprint density at radius 1 is 0.810 bits per heavy atom. The summed E-state index contributed by atoms with van der Waals surface area (Å²) >= 11 is 0. The fraction of sp³-hybridized carbons (Fsp3) is 0.167. The van der Waals surface area contributed by atoms with Crippen molar-refractivity contribution in [2.24, 2.45) is 0 Å². The molecule has 21 heavy (non-hydrogen) atoms. The summed E-state index contributed by atoms with van der Waals surface area (Å²) in [5.74, 6) is 0.926. The van der Waals surface area contributed by atoms with E-state index in [1.165, 1.54) is 11.1 Å². The summed E-state index contributed by atoms with van der Waals surface area (Å²) in [4.78, 5) is 0. The van der Waals surface area contributed by atoms with Gasteiger partial charge in [-0.15, -0.1) is 17.0 Å². The van der Waals surface area contributed by atoms with Crippen molar-refractivity contribution < 1.29 is 9.31 Å². The lowest BCUT2D eigenvalue weighted by molar-refractivity contribution is -0.475. The van der Waals surface area contributed by atoms with Crippen LogP contribution in [0.15, 0.2) is 73.0 Å². The minimum absolute atomic E-state index is 0. The second-order valence-electron chi connectivity index (χ2n) is 5.16. The van der Waals surface area contributed by atoms with Gasteiger partial charge in [-0.1, -0.05) is 60.7 Å². The maximum absolute atomic E-state index is 5.80. The third-order valence-corrected chi connectivity index (χ3v) is 3.70. The standard InChI is InChI=1S/C18H18NO.BrH/c1-19(2)17-18(13-14-20-17,15-9-5-3-6-10-15)16-11-7-4-8-12-16;/h3-14H,1-2H3;1H/q+1;. The highest BCUT2D eigenvalue weighted by Crippen LogP contribution is 2.38. The minimum atomic E-state index is -0.341. The van der Waals surface area contributed by atoms with Crippen LogP contribution in [0.2, 0.25) is 0 Å². The largest absolute Gasteiger partial charge is 0.416 e. The van der Waals surface area contributed by atoms with Crippen molar-refractivity contribution in [2.45, 2.75) is 5.41 Å². The van der Waals surface area contributed by atoms with Crippen LogP contribution in [0.25, 0.3) is 0 Å². The van der Waals surface area contributed by atoms with Crippen molar-refractivity contribution in [1.29, 1.82) is 0 Å². The molecule has 3 heteroatoms. The van der Waals surface area contributed by atoms with Crippen LogP contribution in [-0.4, -0.2) is 24.6 Å². The first kappa shape index (κ1) is 15.5. The molecule has 0 amide bonds. The zero-order chi connectivity index (χ0) is 14.0. The predicted molar refractivity (Wildman–Crippen MR) is 91.3 cm³/mol. The SMILES string of the molecule is Br.C[N+](C)=C1OC=CC1(c1ccccc1)c1ccccc1. The monoisotopic (exact) mass is 344 g/mol. The van der Waals surface area contributed by atoms with Crippen molar-refractivity contribution in [2.75, 3.05) is 14.1 Å². The van der Waals surface area contributed by atoms with Gasteiger partial charge in [0.05, 0.1) is 6.26 Å². The predicted octanol–water partition coefficient (Wildman–Crippen LogP) is 3.77. The normalized spacial score (nSPS) is 15.2. The molecule has 0 saturated carbocycles. The molecule has 3 rings (SSSR count). The van der Waals surface area contributed by atoms with Crippen molar-refractivity contribution in [3.05, 3.63) is 84.1 Å². The number of rotatable bonds is 2. The molecule has 1 heterocycles. The van der Waals surface area contributed by atoms with E-state index in [9.17, 15) is 0 Å². The molecule has 0 unspecified atom stereocenters. The van der Waals surface area contributed by atoms with Gasteiger partial charge in [0.1, 0.15) is 14.1 Å². The fourth-order valence-corrected chi connectivity index (χ4v) is 2.83. The molecule has 0 saturated heterocycles. The number of ether oxygens (including phenoxy) is 1. The first-order valence-corrected chi connectivity index (χ1v) is 6.75. The van der Waals surface area contributed by atoms with Gasteiger partial charge < -0.3 is 4.74 Å². The molecule has 0 radical (unpaired) electrons. The van der Waals surface area contributed by atoms with E-state index < -0.39 is 0 Å². The zero-order valence-electron chi connectivity index (χ0n) is 12.2. The minimum Gasteiger partial charge on any atom is -0.416 e. The Bertz CT molecular complexity index is 619. The highest BCUT2D eigenvalue weighted by molar-refractivity contribution is 8.93. The van der Waals surface area contributed by atoms with Crippen LogP contribution in [0.1, 0.15) is 11.1 Å². The molecule has 0 fully saturated rings. The molecule has 1 aliphatic rings. The zero-order valence-corrected chi connectivity index (χ0v) is 13.9. The van der Waals surface area contributed by atoms with E-state index in [1.54, 1.807) is 6.26 Å². The molecular formula is C18H19BrNO+. The Kier molecular flexibility index (Phi) is 4.63. The van der Waals surface area contributed by atoms with Gasteiger partial charge in [0, 0.05) is 0 Å². The smallest absolute Gasteiger partial charge is 0.360 e. The van der Waals surface area contributed by atoms with Gasteiger partial charge in [-0.25, -0.2) is 4.58 Å². The summed E-state index contributed by atoms with van der Waals surface area (Å²) in [6.07, 6.45) is 3.92. The van der Waals surface area contributed by atoms with Crippen LogP contribution in [0, 0.1) is 0 Å². The Balaban J connectivity index is 0.00000161. The third-order valence-electron chi connectivity index (χ3n) is 3.70. The van der Waals surface area contributed by atoms with Gasteiger partial charge >= 0.3 is 5.90 Å². The molecule has 2 aromatic rings. The molecule has 0 spiro atoms. The number of hydrogen-bond donors (Lipinski definition) is 0. The molecule has 0 atom stereocenters. The lowest BCUT2D eigenvalue weighted by atomic mass is 9.75. The van der Waals surface area contributed by atoms with Crippen LogP contribution in [0.4, 0.5) is 0 Å². The Hall–Kier alpha value is -1.87. The molecule has 2 nitrogen and oxygen atoms in total. The van der Waals surface area contributed by atoms with Crippen LogP contribution < -0.4 is 0 Å². The summed E-state index contributed by atoms with van der Waals surface area (Å²) in [5, 5.41) is 0. The summed E-state index contributed by atoms with van der Waals surface area (Å²) in [5.41, 5.74) is 2.08. The van der Waals surface area contributed by atoms with E-state index >= 15 is 0 Å². The molecule has 0 bridgehead atoms. The maximum Gasteiger partial charge on any atom is 0.360 e. The second-order valence-corrected chi connectivity index (χ2v) is 5.16. The number of nitrogens with zero attached hydrogens (tertiary/aromatic N) is 1. The van der Waals surface area contributed by atoms with Crippen molar-refractivity contribution in [3.8, 4) is 0 Å². The average Bonchev–Trinajstić information content (AvgIpc) is 2.95. The Labute approximate surface area is 136 Å². The average molecular weight is 345 g/mol. The van der Waals surface area contributed by atoms with E-state index in [0.29, 0.717) is 0 Å². The second kappa shape index (κ2) is 6.27. The number of benzene rings is 2. The van der Waals surface area contributed by atoms with Crippen molar-refractivity contribution >= 4 is 22.9 Å². The third kappa shape index (κ3) is 2.54. The lowest BCUT2D eigenvalue weighted by Gasteiger charge is -2.25. The van der Waals surface area contributed by atoms with Crippen LogP contribution in [-0.2, 0) is 10.2 Å². The number of hydrogen-bond acceptors (Lipinski definition) is 1. The molecule has 0 aliphatic carbocycles. The van der Waals surface area contributed by atoms with E-state index in [0.717, 1.165) is 5.90 Å². The summed E-state index contributed by atoms with van der Waals surface area (Å²) < 4.78 is 7.84. The van der Waals surface area contributed by atoms with E-state index in [-0.39, 0.29) is 22.4 Å². The topological polar surface area (TPSA) is 12.2 Å². The number of halogens is 1. The molecule has 2 aromatic carbocycles. The first-order valence-electron chi connectivity index (χ1n) is 6.75. The Morgan fingerprint density at radius 3 is 1.71 bits per heavy atom. The molecule has 108 valence electrons. The van der Waals surface area contributed by atoms with E-state index in [1.807, 2.05) is 30.8 Å². The Morgan fingerprint density at radius 2 is 1.29 bits per heavy atom. The van der Waals surface area contributed by atoms with Gasteiger partial charge in [-0.05, 0) is 17.2 Å². The quantitative estimate of drug-likeness (QED) is 0.755. The van der Waals surface area contributed by atoms with Crippen LogP contribution in [0.3, 0.4) is 0 Å². The summed E-state index contributed by atoms with van der Waals surface area (Å²) in [7, 11) is 4.03. The van der Waals surface area contributed by atoms with Gasteiger partial charge in [0.2, 0.25) is 0 Å². The molecule has 0 aromatic heterocycles. The van der Waals surface area contributed by atoms with Crippen molar-refractivity contribution in [3.63, 3.8) is 0 Å². The lowest BCUT2D eigenvalue weighted by Crippen LogP contribution is -2.37. The van der Waals surface area contributed by atoms with Crippen LogP contribution >= 0.6 is 17.0 Å². The van der Waals surface area contributed by atoms with Crippen LogP contribution in [0.5, 0.6) is 0 Å². The summed E-state index contributed by atoms with van der Waals surface area (Å²) in [6.45, 7) is 0. The van der Waals surface area contributed by atoms with E-state index in [4.69, 9.17) is 4.74 Å². The van der Waals surface area contributed by atoms with Gasteiger partial charge in [-0.3, -0.25) is 0 Å². The molecule has 1 aliphatic heterocycles. The summed E-state index contributed by atoms with van der Waals surface area (Å²) in [6, 6.07) is 20.9. The van der Waals surface area contributed by atoms with Gasteiger partial charge in [-0.2, -0.15) is 0 Å². The van der Waals surface area contributed by atoms with Gasteiger partial charge in [0.15, 0.2) is 5.41 Å². The van der Waals surface area contributed by atoms with Gasteiger partial charge in [0.25, 0.3) is 0 Å². The highest BCUT2D eigenvalue weighted by atomic mass is 79.9. The maximum atomic E-state index is 5.80. The molecular weight excluding hydrogens is 326 g/mol. The van der Waals surface area contributed by atoms with E-state index in [2.05, 4.69) is 54.6 Å². The van der Waals surface area contributed by atoms with Crippen molar-refractivity contribution in [1.82, 2.24) is 0 Å². The highest BCUT2D eigenvalue weighted by Gasteiger charge is 2.47. The molecule has 0 N–H and O–H groups in total.